The number of rotatable bonds is 5. The highest BCUT2D eigenvalue weighted by Crippen LogP contribution is 2.64. The van der Waals surface area contributed by atoms with Gasteiger partial charge in [0.05, 0.1) is 39.4 Å². The molecule has 1 aromatic heterocycles. The van der Waals surface area contributed by atoms with Gasteiger partial charge in [0.1, 0.15) is 0 Å². The lowest BCUT2D eigenvalue weighted by Crippen LogP contribution is -2.53. The number of alkyl halides is 3. The minimum absolute atomic E-state index is 0.0989. The average molecular weight is 844 g/mol. The first kappa shape index (κ1) is 36.2. The Hall–Kier alpha value is -4.79. The summed E-state index contributed by atoms with van der Waals surface area (Å²) >= 11 is 15.9. The van der Waals surface area contributed by atoms with Gasteiger partial charge in [-0.3, -0.25) is 29.5 Å². The first-order valence-electron chi connectivity index (χ1n) is 16.6. The fourth-order valence-corrected chi connectivity index (χ4v) is 9.30. The van der Waals surface area contributed by atoms with Gasteiger partial charge in [-0.2, -0.15) is 18.2 Å². The van der Waals surface area contributed by atoms with E-state index >= 15 is 9.18 Å². The number of benzene rings is 3. The van der Waals surface area contributed by atoms with E-state index < -0.39 is 92.8 Å². The van der Waals surface area contributed by atoms with E-state index in [1.54, 1.807) is 42.5 Å². The number of carbonyl (C=O) groups is 4. The Balaban J connectivity index is 1.31. The highest BCUT2D eigenvalue weighted by molar-refractivity contribution is 9.10. The van der Waals surface area contributed by atoms with Crippen LogP contribution in [0.25, 0.3) is 0 Å². The number of phenols is 1. The number of aromatic nitrogens is 1. The van der Waals surface area contributed by atoms with Gasteiger partial charge in [-0.05, 0) is 84.5 Å². The maximum Gasteiger partial charge on any atom is 0.417 e. The van der Waals surface area contributed by atoms with Gasteiger partial charge < -0.3 is 5.11 Å². The Morgan fingerprint density at radius 1 is 0.907 bits per heavy atom. The number of nitrogens with zero attached hydrogens (tertiary/aromatic N) is 3. The number of hydrogen-bond acceptors (Lipinski definition) is 7. The van der Waals surface area contributed by atoms with Gasteiger partial charge in [0.25, 0.3) is 11.8 Å². The van der Waals surface area contributed by atoms with Gasteiger partial charge in [0.15, 0.2) is 17.4 Å². The van der Waals surface area contributed by atoms with Crippen molar-refractivity contribution in [3.8, 4) is 5.75 Å². The van der Waals surface area contributed by atoms with Gasteiger partial charge >= 0.3 is 6.18 Å². The number of carbonyl (C=O) groups excluding carboxylic acids is 4. The molecule has 2 aliphatic carbocycles. The Morgan fingerprint density at radius 3 is 2.26 bits per heavy atom. The third-order valence-corrected chi connectivity index (χ3v) is 12.0. The number of phenolic OH excluding ortho intramolecular Hbond substituents is 1. The van der Waals surface area contributed by atoms with Gasteiger partial charge in [0, 0.05) is 21.6 Å². The van der Waals surface area contributed by atoms with Crippen LogP contribution in [-0.4, -0.2) is 38.7 Å². The zero-order valence-corrected chi connectivity index (χ0v) is 30.5. The van der Waals surface area contributed by atoms with Gasteiger partial charge in [-0.15, -0.1) is 0 Å². The second-order valence-electron chi connectivity index (χ2n) is 13.6. The maximum atomic E-state index is 15.3. The summed E-state index contributed by atoms with van der Waals surface area (Å²) < 4.78 is 56.3. The molecule has 276 valence electrons. The van der Waals surface area contributed by atoms with Gasteiger partial charge in [-0.1, -0.05) is 69.0 Å². The van der Waals surface area contributed by atoms with Crippen LogP contribution in [0.5, 0.6) is 5.75 Å². The molecule has 0 radical (unpaired) electrons. The lowest BCUT2D eigenvalue weighted by Gasteiger charge is -2.50. The van der Waals surface area contributed by atoms with Crippen LogP contribution in [0.15, 0.2) is 95.1 Å². The minimum Gasteiger partial charge on any atom is -0.505 e. The van der Waals surface area contributed by atoms with E-state index in [-0.39, 0.29) is 18.4 Å². The molecule has 9 nitrogen and oxygen atoms in total. The van der Waals surface area contributed by atoms with Crippen molar-refractivity contribution in [1.29, 1.82) is 0 Å². The number of anilines is 2. The van der Waals surface area contributed by atoms with Crippen LogP contribution in [-0.2, 0) is 30.8 Å². The fraction of sp³-hybridized carbons (Fsp3) is 0.237. The van der Waals surface area contributed by atoms with Crippen LogP contribution in [0, 0.1) is 29.5 Å². The SMILES string of the molecule is O=C1C2CC3C(=CCC4C(=O)N(c5ccc(Br)cc5)C(=O)C43)C(c3ccc(O)c(F)c3)C2(c2ccc(Cl)cc2)C(=O)N1Nc1ncc(C(F)(F)F)cc1Cl. The van der Waals surface area contributed by atoms with Crippen molar-refractivity contribution in [2.45, 2.75) is 30.4 Å². The molecule has 3 aromatic carbocycles. The van der Waals surface area contributed by atoms with Crippen molar-refractivity contribution < 1.29 is 41.8 Å². The largest absolute Gasteiger partial charge is 0.505 e. The van der Waals surface area contributed by atoms with Crippen molar-refractivity contribution in [3.63, 3.8) is 0 Å². The van der Waals surface area contributed by atoms with Crippen LogP contribution in [0.2, 0.25) is 10.0 Å². The van der Waals surface area contributed by atoms with E-state index in [2.05, 4.69) is 26.3 Å². The Morgan fingerprint density at radius 2 is 1.61 bits per heavy atom. The maximum absolute atomic E-state index is 15.3. The normalized spacial score (nSPS) is 26.4. The van der Waals surface area contributed by atoms with Crippen molar-refractivity contribution in [3.05, 3.63) is 128 Å². The predicted molar refractivity (Wildman–Crippen MR) is 192 cm³/mol. The summed E-state index contributed by atoms with van der Waals surface area (Å²) in [5, 5.41) is 10.6. The number of imide groups is 2. The molecular formula is C38H25BrCl2F4N4O5. The number of aromatic hydroxyl groups is 1. The molecule has 6 unspecified atom stereocenters. The molecule has 3 fully saturated rings. The van der Waals surface area contributed by atoms with E-state index in [4.69, 9.17) is 23.2 Å². The summed E-state index contributed by atoms with van der Waals surface area (Å²) in [6.07, 6.45) is -2.52. The molecule has 2 N–H and O–H groups in total. The molecule has 16 heteroatoms. The fourth-order valence-electron chi connectivity index (χ4n) is 8.71. The smallest absolute Gasteiger partial charge is 0.417 e. The van der Waals surface area contributed by atoms with E-state index in [9.17, 15) is 32.7 Å². The van der Waals surface area contributed by atoms with E-state index in [1.165, 1.54) is 18.2 Å². The first-order valence-corrected chi connectivity index (χ1v) is 18.1. The minimum atomic E-state index is -4.78. The van der Waals surface area contributed by atoms with Crippen LogP contribution < -0.4 is 10.3 Å². The number of nitrogens with one attached hydrogen (secondary N) is 1. The molecule has 2 saturated heterocycles. The summed E-state index contributed by atoms with van der Waals surface area (Å²) in [4.78, 5) is 63.1. The quantitative estimate of drug-likeness (QED) is 0.118. The van der Waals surface area contributed by atoms with Crippen molar-refractivity contribution in [2.75, 3.05) is 10.3 Å². The van der Waals surface area contributed by atoms with Crippen LogP contribution in [0.3, 0.4) is 0 Å². The number of amides is 4. The molecule has 4 aromatic rings. The van der Waals surface area contributed by atoms with E-state index in [0.29, 0.717) is 39.1 Å². The topological polar surface area (TPSA) is 120 Å². The molecular weight excluding hydrogens is 819 g/mol. The van der Waals surface area contributed by atoms with Crippen molar-refractivity contribution in [1.82, 2.24) is 9.99 Å². The summed E-state index contributed by atoms with van der Waals surface area (Å²) in [7, 11) is 0. The standard InChI is InChI=1S/C38H25BrCl2F4N4O5/c39-20-4-8-22(9-5-20)48-33(51)24-11-10-23-25(30(24)35(48)53)15-26-34(52)49(47-32-27(41)14-19(16-46-32)38(43,44)45)36(54)37(26,18-2-6-21(40)7-3-18)31(23)17-1-12-29(50)28(42)13-17/h1-10,12-14,16,24-26,30-31,50H,11,15H2,(H,46,47). The summed E-state index contributed by atoms with van der Waals surface area (Å²) in [6, 6.07) is 17.0. The Bertz CT molecular complexity index is 2310. The summed E-state index contributed by atoms with van der Waals surface area (Å²) in [5.41, 5.74) is 0.898. The number of halogens is 7. The molecule has 1 saturated carbocycles. The number of hydrogen-bond donors (Lipinski definition) is 2. The second kappa shape index (κ2) is 12.9. The Kier molecular flexibility index (Phi) is 8.66. The van der Waals surface area contributed by atoms with Crippen LogP contribution in [0.4, 0.5) is 29.1 Å². The number of pyridine rings is 1. The third kappa shape index (κ3) is 5.43. The zero-order chi connectivity index (χ0) is 38.4. The monoisotopic (exact) mass is 842 g/mol. The van der Waals surface area contributed by atoms with Crippen LogP contribution >= 0.6 is 39.1 Å². The van der Waals surface area contributed by atoms with Gasteiger partial charge in [0.2, 0.25) is 11.8 Å². The highest BCUT2D eigenvalue weighted by atomic mass is 79.9. The number of allylic oxidation sites excluding steroid dienone is 2. The van der Waals surface area contributed by atoms with E-state index in [1.807, 2.05) is 0 Å². The van der Waals surface area contributed by atoms with Crippen molar-refractivity contribution in [2.24, 2.45) is 23.7 Å². The summed E-state index contributed by atoms with van der Waals surface area (Å²) in [6.45, 7) is 0. The molecule has 54 heavy (non-hydrogen) atoms. The van der Waals surface area contributed by atoms with Crippen LogP contribution in [0.1, 0.15) is 35.4 Å². The van der Waals surface area contributed by atoms with Gasteiger partial charge in [-0.25, -0.2) is 9.37 Å². The number of hydrazine groups is 1. The molecule has 3 heterocycles. The molecule has 6 atom stereocenters. The first-order chi connectivity index (χ1) is 25.6. The van der Waals surface area contributed by atoms with Crippen molar-refractivity contribution >= 4 is 74.3 Å². The van der Waals surface area contributed by atoms with E-state index in [0.717, 1.165) is 21.5 Å². The average Bonchev–Trinajstić information content (AvgIpc) is 3.51. The molecule has 2 aliphatic heterocycles. The molecule has 4 amide bonds. The molecule has 0 bridgehead atoms. The Labute approximate surface area is 322 Å². The second-order valence-corrected chi connectivity index (χ2v) is 15.4. The molecule has 4 aliphatic rings. The molecule has 8 rings (SSSR count). The molecule has 0 spiro atoms. The zero-order valence-electron chi connectivity index (χ0n) is 27.5. The lowest BCUT2D eigenvalue weighted by molar-refractivity contribution is -0.139. The highest BCUT2D eigenvalue weighted by Gasteiger charge is 2.70. The lowest BCUT2D eigenvalue weighted by atomic mass is 9.49. The number of fused-ring (bicyclic) bond motifs is 4. The summed E-state index contributed by atoms with van der Waals surface area (Å²) in [5.74, 6) is -9.66. The third-order valence-electron chi connectivity index (χ3n) is 10.9. The predicted octanol–water partition coefficient (Wildman–Crippen LogP) is 8.20.